The van der Waals surface area contributed by atoms with Gasteiger partial charge in [-0.25, -0.2) is 13.4 Å². The summed E-state index contributed by atoms with van der Waals surface area (Å²) >= 11 is 0. The molecule has 37 heavy (non-hydrogen) atoms. The molecule has 10 heteroatoms. The Morgan fingerprint density at radius 2 is 1.78 bits per heavy atom. The van der Waals surface area contributed by atoms with E-state index in [9.17, 15) is 13.2 Å². The molecular formula is C27H30N4O5S. The summed E-state index contributed by atoms with van der Waals surface area (Å²) in [4.78, 5) is 22.7. The van der Waals surface area contributed by atoms with Crippen LogP contribution < -0.4 is 15.0 Å². The molecule has 0 amide bonds. The van der Waals surface area contributed by atoms with Crippen molar-refractivity contribution in [2.24, 2.45) is 0 Å². The Hall–Kier alpha value is -3.66. The highest BCUT2D eigenvalue weighted by Gasteiger charge is 2.32. The van der Waals surface area contributed by atoms with Crippen LogP contribution in [0.25, 0.3) is 0 Å². The van der Waals surface area contributed by atoms with Crippen molar-refractivity contribution < 1.29 is 23.1 Å². The molecule has 2 aliphatic rings. The van der Waals surface area contributed by atoms with Crippen LogP contribution in [0.3, 0.4) is 0 Å². The van der Waals surface area contributed by atoms with E-state index in [4.69, 9.17) is 19.8 Å². The van der Waals surface area contributed by atoms with Crippen LogP contribution in [-0.2, 0) is 27.5 Å². The topological polar surface area (TPSA) is 122 Å². The first-order chi connectivity index (χ1) is 17.8. The Kier molecular flexibility index (Phi) is 7.01. The molecule has 0 saturated carbocycles. The molecule has 0 bridgehead atoms. The molecule has 3 heterocycles. The summed E-state index contributed by atoms with van der Waals surface area (Å²) in [5.74, 6) is 1.26. The number of rotatable bonds is 7. The van der Waals surface area contributed by atoms with Crippen molar-refractivity contribution in [2.45, 2.75) is 42.9 Å². The van der Waals surface area contributed by atoms with Crippen LogP contribution in [0.5, 0.6) is 5.75 Å². The predicted molar refractivity (Wildman–Crippen MR) is 141 cm³/mol. The SMILES string of the molecule is COc1ccc(C2CCN(c3nc4c(c(Nc5ccc(CC(=O)O)cc5)n3)S(=O)(=O)CCC4)CC2)cc1. The van der Waals surface area contributed by atoms with E-state index in [0.717, 1.165) is 31.7 Å². The Balaban J connectivity index is 1.39. The number of fused-ring (bicyclic) bond motifs is 1. The van der Waals surface area contributed by atoms with Crippen molar-refractivity contribution >= 4 is 33.3 Å². The maximum Gasteiger partial charge on any atom is 0.307 e. The highest BCUT2D eigenvalue weighted by Crippen LogP contribution is 2.35. The second-order valence-electron chi connectivity index (χ2n) is 9.50. The lowest BCUT2D eigenvalue weighted by Crippen LogP contribution is -2.35. The lowest BCUT2D eigenvalue weighted by Gasteiger charge is -2.33. The van der Waals surface area contributed by atoms with Gasteiger partial charge in [0.25, 0.3) is 0 Å². The summed E-state index contributed by atoms with van der Waals surface area (Å²) in [6, 6.07) is 15.1. The standard InChI is InChI=1S/C27H30N4O5S/c1-36-22-10-6-19(7-11-22)20-12-14-31(15-13-20)27-29-23-3-2-16-37(34,35)25(23)26(30-27)28-21-8-4-18(5-9-21)17-24(32)33/h4-11,20H,2-3,12-17H2,1H3,(H,32,33)(H,28,29,30). The number of carbonyl (C=O) groups is 1. The van der Waals surface area contributed by atoms with E-state index in [2.05, 4.69) is 22.3 Å². The number of carboxylic acids is 1. The van der Waals surface area contributed by atoms with Crippen molar-refractivity contribution in [3.63, 3.8) is 0 Å². The summed E-state index contributed by atoms with van der Waals surface area (Å²) in [5, 5.41) is 12.2. The fraction of sp³-hybridized carbons (Fsp3) is 0.370. The number of nitrogens with zero attached hydrogens (tertiary/aromatic N) is 3. The third-order valence-corrected chi connectivity index (χ3v) is 8.88. The molecular weight excluding hydrogens is 492 g/mol. The molecule has 2 N–H and O–H groups in total. The molecule has 5 rings (SSSR count). The molecule has 0 unspecified atom stereocenters. The lowest BCUT2D eigenvalue weighted by atomic mass is 9.89. The number of benzene rings is 2. The van der Waals surface area contributed by atoms with Crippen molar-refractivity contribution in [2.75, 3.05) is 36.2 Å². The molecule has 1 fully saturated rings. The molecule has 194 valence electrons. The van der Waals surface area contributed by atoms with Gasteiger partial charge in [-0.15, -0.1) is 0 Å². The minimum absolute atomic E-state index is 0.0716. The van der Waals surface area contributed by atoms with Gasteiger partial charge in [0.2, 0.25) is 5.95 Å². The van der Waals surface area contributed by atoms with Crippen LogP contribution in [0.15, 0.2) is 53.4 Å². The Morgan fingerprint density at radius 1 is 1.08 bits per heavy atom. The van der Waals surface area contributed by atoms with E-state index in [-0.39, 0.29) is 22.9 Å². The first kappa shape index (κ1) is 25.0. The molecule has 2 aromatic carbocycles. The molecule has 0 radical (unpaired) electrons. The van der Waals surface area contributed by atoms with Gasteiger partial charge in [-0.3, -0.25) is 4.79 Å². The van der Waals surface area contributed by atoms with E-state index in [1.54, 1.807) is 31.4 Å². The number of aryl methyl sites for hydroxylation is 1. The Morgan fingerprint density at radius 3 is 2.43 bits per heavy atom. The number of ether oxygens (including phenoxy) is 1. The largest absolute Gasteiger partial charge is 0.497 e. The van der Waals surface area contributed by atoms with Gasteiger partial charge in [0.15, 0.2) is 15.7 Å². The first-order valence-electron chi connectivity index (χ1n) is 12.4. The summed E-state index contributed by atoms with van der Waals surface area (Å²) in [6.07, 6.45) is 2.93. The number of piperidine rings is 1. The molecule has 2 aliphatic heterocycles. The zero-order valence-corrected chi connectivity index (χ0v) is 21.5. The Labute approximate surface area is 216 Å². The van der Waals surface area contributed by atoms with E-state index in [0.29, 0.717) is 41.7 Å². The van der Waals surface area contributed by atoms with Crippen molar-refractivity contribution in [3.05, 3.63) is 65.4 Å². The van der Waals surface area contributed by atoms with E-state index >= 15 is 0 Å². The molecule has 0 aliphatic carbocycles. The smallest absolute Gasteiger partial charge is 0.307 e. The van der Waals surface area contributed by atoms with Gasteiger partial charge in [0.1, 0.15) is 10.6 Å². The number of methoxy groups -OCH3 is 1. The predicted octanol–water partition coefficient (Wildman–Crippen LogP) is 3.96. The van der Waals surface area contributed by atoms with E-state index in [1.165, 1.54) is 5.56 Å². The average Bonchev–Trinajstić information content (AvgIpc) is 2.89. The fourth-order valence-corrected chi connectivity index (χ4v) is 6.67. The van der Waals surface area contributed by atoms with Crippen LogP contribution in [0, 0.1) is 0 Å². The molecule has 1 aromatic heterocycles. The van der Waals surface area contributed by atoms with Crippen LogP contribution >= 0.6 is 0 Å². The highest BCUT2D eigenvalue weighted by atomic mass is 32.2. The van der Waals surface area contributed by atoms with E-state index in [1.807, 2.05) is 12.1 Å². The van der Waals surface area contributed by atoms with Gasteiger partial charge in [-0.05, 0) is 67.0 Å². The minimum Gasteiger partial charge on any atom is -0.497 e. The number of anilines is 3. The number of hydrogen-bond donors (Lipinski definition) is 2. The van der Waals surface area contributed by atoms with Crippen molar-refractivity contribution in [1.29, 1.82) is 0 Å². The normalized spacial score (nSPS) is 17.2. The summed E-state index contributed by atoms with van der Waals surface area (Å²) < 4.78 is 31.2. The summed E-state index contributed by atoms with van der Waals surface area (Å²) in [6.45, 7) is 1.54. The van der Waals surface area contributed by atoms with Gasteiger partial charge in [0, 0.05) is 18.8 Å². The van der Waals surface area contributed by atoms with Crippen LogP contribution in [-0.4, -0.2) is 55.4 Å². The van der Waals surface area contributed by atoms with Gasteiger partial charge in [-0.2, -0.15) is 4.98 Å². The minimum atomic E-state index is -3.51. The molecule has 3 aromatic rings. The third-order valence-electron chi connectivity index (χ3n) is 7.00. The lowest BCUT2D eigenvalue weighted by molar-refractivity contribution is -0.136. The summed E-state index contributed by atoms with van der Waals surface area (Å²) in [7, 11) is -1.85. The zero-order valence-electron chi connectivity index (χ0n) is 20.7. The second kappa shape index (κ2) is 10.4. The Bertz CT molecular complexity index is 1380. The van der Waals surface area contributed by atoms with Gasteiger partial charge >= 0.3 is 5.97 Å². The number of aliphatic carboxylic acids is 1. The quantitative estimate of drug-likeness (QED) is 0.475. The molecule has 9 nitrogen and oxygen atoms in total. The number of nitrogens with one attached hydrogen (secondary N) is 1. The van der Waals surface area contributed by atoms with Gasteiger partial charge in [0.05, 0.1) is 25.0 Å². The third kappa shape index (κ3) is 5.53. The van der Waals surface area contributed by atoms with Gasteiger partial charge in [-0.1, -0.05) is 24.3 Å². The maximum absolute atomic E-state index is 13.0. The van der Waals surface area contributed by atoms with Crippen LogP contribution in [0.1, 0.15) is 42.0 Å². The summed E-state index contributed by atoms with van der Waals surface area (Å²) in [5.41, 5.74) is 3.14. The molecule has 0 atom stereocenters. The highest BCUT2D eigenvalue weighted by molar-refractivity contribution is 7.91. The average molecular weight is 523 g/mol. The maximum atomic E-state index is 13.0. The number of sulfone groups is 1. The number of aromatic nitrogens is 2. The van der Waals surface area contributed by atoms with Gasteiger partial charge < -0.3 is 20.1 Å². The van der Waals surface area contributed by atoms with Crippen LogP contribution in [0.4, 0.5) is 17.5 Å². The molecule has 0 spiro atoms. The molecule has 1 saturated heterocycles. The van der Waals surface area contributed by atoms with Crippen molar-refractivity contribution in [1.82, 2.24) is 9.97 Å². The monoisotopic (exact) mass is 522 g/mol. The van der Waals surface area contributed by atoms with Crippen molar-refractivity contribution in [3.8, 4) is 5.75 Å². The zero-order chi connectivity index (χ0) is 26.0. The fourth-order valence-electron chi connectivity index (χ4n) is 5.04. The number of carboxylic acid groups (broad SMARTS) is 1. The number of hydrogen-bond acceptors (Lipinski definition) is 8. The van der Waals surface area contributed by atoms with E-state index < -0.39 is 15.8 Å². The first-order valence-corrected chi connectivity index (χ1v) is 14.1. The van der Waals surface area contributed by atoms with Crippen LogP contribution in [0.2, 0.25) is 0 Å². The second-order valence-corrected chi connectivity index (χ2v) is 11.5.